The van der Waals surface area contributed by atoms with Gasteiger partial charge in [0.25, 0.3) is 0 Å². The molecule has 2 aromatic carbocycles. The summed E-state index contributed by atoms with van der Waals surface area (Å²) in [5.41, 5.74) is 0.875. The van der Waals surface area contributed by atoms with Crippen LogP contribution in [0.15, 0.2) is 59.5 Å². The van der Waals surface area contributed by atoms with Gasteiger partial charge in [0.15, 0.2) is 0 Å². The van der Waals surface area contributed by atoms with Crippen molar-refractivity contribution in [2.45, 2.75) is 50.1 Å². The zero-order valence-corrected chi connectivity index (χ0v) is 17.1. The van der Waals surface area contributed by atoms with Gasteiger partial charge in [-0.25, -0.2) is 8.42 Å². The molecule has 2 N–H and O–H groups in total. The lowest BCUT2D eigenvalue weighted by Crippen LogP contribution is -2.50. The molecule has 0 aliphatic heterocycles. The van der Waals surface area contributed by atoms with Gasteiger partial charge in [0, 0.05) is 11.1 Å². The first-order chi connectivity index (χ1) is 12.8. The lowest BCUT2D eigenvalue weighted by molar-refractivity contribution is -0.123. The molecule has 0 bridgehead atoms. The Hall–Kier alpha value is -1.89. The molecule has 2 aromatic rings. The monoisotopic (exact) mass is 408 g/mol. The first kappa shape index (κ1) is 21.4. The zero-order valence-electron chi connectivity index (χ0n) is 15.5. The average molecular weight is 409 g/mol. The Morgan fingerprint density at radius 2 is 1.70 bits per heavy atom. The van der Waals surface area contributed by atoms with E-state index in [-0.39, 0.29) is 23.3 Å². The van der Waals surface area contributed by atoms with Gasteiger partial charge in [-0.2, -0.15) is 4.72 Å². The van der Waals surface area contributed by atoms with Crippen molar-refractivity contribution >= 4 is 27.5 Å². The standard InChI is InChI=1S/C20H25ClN2O3S/c1-3-7-15(2)22-20(24)19(14-16-8-5-4-6-9-16)23-27(25,26)18-12-10-17(21)11-13-18/h4-6,8-13,15,19,23H,3,7,14H2,1-2H3,(H,22,24)/t15-,19-/m0/s1. The van der Waals surface area contributed by atoms with E-state index < -0.39 is 16.1 Å². The number of amides is 1. The summed E-state index contributed by atoms with van der Waals surface area (Å²) in [5.74, 6) is -0.336. The number of halogens is 1. The van der Waals surface area contributed by atoms with Crippen LogP contribution in [0.4, 0.5) is 0 Å². The fraction of sp³-hybridized carbons (Fsp3) is 0.350. The van der Waals surface area contributed by atoms with Crippen LogP contribution in [0.3, 0.4) is 0 Å². The maximum Gasteiger partial charge on any atom is 0.241 e. The molecule has 5 nitrogen and oxygen atoms in total. The molecule has 2 atom stereocenters. The maximum absolute atomic E-state index is 12.7. The third-order valence-corrected chi connectivity index (χ3v) is 5.87. The summed E-state index contributed by atoms with van der Waals surface area (Å²) in [6.07, 6.45) is 2.02. The molecule has 0 heterocycles. The van der Waals surface area contributed by atoms with E-state index in [9.17, 15) is 13.2 Å². The van der Waals surface area contributed by atoms with Gasteiger partial charge in [-0.1, -0.05) is 55.3 Å². The second-order valence-corrected chi connectivity index (χ2v) is 8.67. The predicted octanol–water partition coefficient (Wildman–Crippen LogP) is 3.53. The van der Waals surface area contributed by atoms with E-state index in [0.29, 0.717) is 5.02 Å². The summed E-state index contributed by atoms with van der Waals surface area (Å²) in [6, 6.07) is 14.2. The Kier molecular flexibility index (Phi) is 7.83. The van der Waals surface area contributed by atoms with Gasteiger partial charge >= 0.3 is 0 Å². The van der Waals surface area contributed by atoms with E-state index in [2.05, 4.69) is 10.0 Å². The molecule has 0 radical (unpaired) electrons. The van der Waals surface area contributed by atoms with Crippen LogP contribution in [-0.4, -0.2) is 26.4 Å². The van der Waals surface area contributed by atoms with E-state index in [4.69, 9.17) is 11.6 Å². The highest BCUT2D eigenvalue weighted by Crippen LogP contribution is 2.15. The molecular formula is C20H25ClN2O3S. The number of sulfonamides is 1. The zero-order chi connectivity index (χ0) is 19.9. The van der Waals surface area contributed by atoms with Crippen LogP contribution in [0, 0.1) is 0 Å². The van der Waals surface area contributed by atoms with Gasteiger partial charge in [-0.3, -0.25) is 4.79 Å². The van der Waals surface area contributed by atoms with Crippen molar-refractivity contribution in [1.29, 1.82) is 0 Å². The van der Waals surface area contributed by atoms with Gasteiger partial charge in [-0.05, 0) is 49.6 Å². The molecule has 0 aliphatic rings. The third-order valence-electron chi connectivity index (χ3n) is 4.13. The Bertz CT molecular complexity index is 839. The highest BCUT2D eigenvalue weighted by molar-refractivity contribution is 7.89. The molecule has 0 aromatic heterocycles. The molecule has 0 saturated carbocycles. The molecule has 0 fully saturated rings. The molecule has 27 heavy (non-hydrogen) atoms. The van der Waals surface area contributed by atoms with E-state index in [1.165, 1.54) is 24.3 Å². The highest BCUT2D eigenvalue weighted by Gasteiger charge is 2.26. The Morgan fingerprint density at radius 1 is 1.07 bits per heavy atom. The van der Waals surface area contributed by atoms with E-state index in [1.54, 1.807) is 0 Å². The van der Waals surface area contributed by atoms with Crippen molar-refractivity contribution in [3.8, 4) is 0 Å². The molecule has 146 valence electrons. The van der Waals surface area contributed by atoms with Crippen molar-refractivity contribution < 1.29 is 13.2 Å². The van der Waals surface area contributed by atoms with Crippen molar-refractivity contribution in [3.05, 3.63) is 65.2 Å². The number of hydrogen-bond acceptors (Lipinski definition) is 3. The predicted molar refractivity (Wildman–Crippen MR) is 108 cm³/mol. The van der Waals surface area contributed by atoms with Crippen LogP contribution >= 0.6 is 11.6 Å². The molecule has 0 unspecified atom stereocenters. The number of carbonyl (C=O) groups is 1. The summed E-state index contributed by atoms with van der Waals surface area (Å²) in [7, 11) is -3.86. The molecule has 2 rings (SSSR count). The Labute approximate surface area is 166 Å². The minimum atomic E-state index is -3.86. The smallest absolute Gasteiger partial charge is 0.241 e. The average Bonchev–Trinajstić information content (AvgIpc) is 2.62. The summed E-state index contributed by atoms with van der Waals surface area (Å²) >= 11 is 5.83. The number of carbonyl (C=O) groups excluding carboxylic acids is 1. The Morgan fingerprint density at radius 3 is 2.30 bits per heavy atom. The van der Waals surface area contributed by atoms with E-state index >= 15 is 0 Å². The largest absolute Gasteiger partial charge is 0.352 e. The molecule has 0 aliphatic carbocycles. The highest BCUT2D eigenvalue weighted by atomic mass is 35.5. The van der Waals surface area contributed by atoms with Gasteiger partial charge in [0.1, 0.15) is 6.04 Å². The first-order valence-corrected chi connectivity index (χ1v) is 10.8. The number of rotatable bonds is 9. The van der Waals surface area contributed by atoms with E-state index in [1.807, 2.05) is 44.2 Å². The second-order valence-electron chi connectivity index (χ2n) is 6.52. The topological polar surface area (TPSA) is 75.3 Å². The van der Waals surface area contributed by atoms with Gasteiger partial charge in [-0.15, -0.1) is 0 Å². The lowest BCUT2D eigenvalue weighted by Gasteiger charge is -2.21. The lowest BCUT2D eigenvalue weighted by atomic mass is 10.1. The molecule has 0 spiro atoms. The Balaban J connectivity index is 2.22. The minimum absolute atomic E-state index is 0.0270. The van der Waals surface area contributed by atoms with Gasteiger partial charge < -0.3 is 5.32 Å². The first-order valence-electron chi connectivity index (χ1n) is 8.94. The summed E-state index contributed by atoms with van der Waals surface area (Å²) in [4.78, 5) is 12.8. The maximum atomic E-state index is 12.7. The second kappa shape index (κ2) is 9.88. The van der Waals surface area contributed by atoms with Gasteiger partial charge in [0.2, 0.25) is 15.9 Å². The summed E-state index contributed by atoms with van der Waals surface area (Å²) in [5, 5.41) is 3.34. The van der Waals surface area contributed by atoms with Crippen LogP contribution in [0.5, 0.6) is 0 Å². The molecule has 0 saturated heterocycles. The number of hydrogen-bond donors (Lipinski definition) is 2. The molecular weight excluding hydrogens is 384 g/mol. The summed E-state index contributed by atoms with van der Waals surface area (Å²) in [6.45, 7) is 3.95. The minimum Gasteiger partial charge on any atom is -0.352 e. The normalized spacial score (nSPS) is 13.7. The SMILES string of the molecule is CCC[C@H](C)NC(=O)[C@H](Cc1ccccc1)NS(=O)(=O)c1ccc(Cl)cc1. The fourth-order valence-electron chi connectivity index (χ4n) is 2.76. The quantitative estimate of drug-likeness (QED) is 0.666. The van der Waals surface area contributed by atoms with Crippen molar-refractivity contribution in [2.24, 2.45) is 0 Å². The van der Waals surface area contributed by atoms with Crippen LogP contribution < -0.4 is 10.0 Å². The van der Waals surface area contributed by atoms with Crippen LogP contribution in [0.25, 0.3) is 0 Å². The van der Waals surface area contributed by atoms with Crippen LogP contribution in [-0.2, 0) is 21.2 Å². The third kappa shape index (κ3) is 6.65. The van der Waals surface area contributed by atoms with Crippen molar-refractivity contribution in [3.63, 3.8) is 0 Å². The fourth-order valence-corrected chi connectivity index (χ4v) is 4.08. The van der Waals surface area contributed by atoms with Crippen LogP contribution in [0.1, 0.15) is 32.3 Å². The van der Waals surface area contributed by atoms with E-state index in [0.717, 1.165) is 18.4 Å². The van der Waals surface area contributed by atoms with Gasteiger partial charge in [0.05, 0.1) is 4.90 Å². The number of nitrogens with one attached hydrogen (secondary N) is 2. The number of benzene rings is 2. The van der Waals surface area contributed by atoms with Crippen molar-refractivity contribution in [2.75, 3.05) is 0 Å². The molecule has 7 heteroatoms. The summed E-state index contributed by atoms with van der Waals surface area (Å²) < 4.78 is 28.0. The molecule has 1 amide bonds. The van der Waals surface area contributed by atoms with Crippen molar-refractivity contribution in [1.82, 2.24) is 10.0 Å². The van der Waals surface area contributed by atoms with Crippen LogP contribution in [0.2, 0.25) is 5.02 Å².